The second kappa shape index (κ2) is 7.31. The molecule has 31 heavy (non-hydrogen) atoms. The van der Waals surface area contributed by atoms with Gasteiger partial charge in [0.25, 0.3) is 6.29 Å². The molecule has 162 valence electrons. The largest absolute Gasteiger partial charge is 0.427 e. The Labute approximate surface area is 176 Å². The predicted octanol–water partition coefficient (Wildman–Crippen LogP) is 0.877. The Kier molecular flexibility index (Phi) is 4.89. The van der Waals surface area contributed by atoms with Crippen molar-refractivity contribution in [3.8, 4) is 5.75 Å². The van der Waals surface area contributed by atoms with Gasteiger partial charge in [0.1, 0.15) is 5.75 Å². The van der Waals surface area contributed by atoms with Crippen molar-refractivity contribution in [2.75, 3.05) is 4.90 Å². The van der Waals surface area contributed by atoms with E-state index in [4.69, 9.17) is 18.9 Å². The molecule has 0 aliphatic carbocycles. The van der Waals surface area contributed by atoms with Crippen molar-refractivity contribution >= 4 is 35.4 Å². The monoisotopic (exact) mass is 429 g/mol. The van der Waals surface area contributed by atoms with E-state index in [-0.39, 0.29) is 11.4 Å². The number of benzene rings is 1. The molecule has 4 rings (SSSR count). The van der Waals surface area contributed by atoms with Crippen molar-refractivity contribution in [3.63, 3.8) is 0 Å². The summed E-state index contributed by atoms with van der Waals surface area (Å²) >= 11 is 0. The van der Waals surface area contributed by atoms with Crippen molar-refractivity contribution in [3.05, 3.63) is 36.4 Å². The SMILES string of the molecule is CC(=O)Oc1cccc(N2C(=O)[C@H]3[C@@H]4C=C[C@@](C(OC(C)=O)OC(C)=O)(O4)[C@@H]3C2=O)c1. The van der Waals surface area contributed by atoms with Crippen LogP contribution >= 0.6 is 0 Å². The second-order valence-corrected chi connectivity index (χ2v) is 7.45. The number of carbonyl (C=O) groups excluding carboxylic acids is 5. The maximum Gasteiger partial charge on any atom is 0.308 e. The highest BCUT2D eigenvalue weighted by molar-refractivity contribution is 6.23. The molecule has 2 amide bonds. The van der Waals surface area contributed by atoms with Gasteiger partial charge in [0.15, 0.2) is 5.60 Å². The van der Waals surface area contributed by atoms with Gasteiger partial charge >= 0.3 is 17.9 Å². The van der Waals surface area contributed by atoms with Crippen LogP contribution < -0.4 is 9.64 Å². The lowest BCUT2D eigenvalue weighted by molar-refractivity contribution is -0.226. The molecule has 1 aromatic carbocycles. The van der Waals surface area contributed by atoms with E-state index < -0.39 is 59.6 Å². The van der Waals surface area contributed by atoms with E-state index in [1.807, 2.05) is 0 Å². The smallest absolute Gasteiger partial charge is 0.308 e. The van der Waals surface area contributed by atoms with Crippen molar-refractivity contribution in [1.29, 1.82) is 0 Å². The Hall–Kier alpha value is -3.53. The van der Waals surface area contributed by atoms with Crippen molar-refractivity contribution in [2.24, 2.45) is 11.8 Å². The number of fused-ring (bicyclic) bond motifs is 5. The molecule has 0 spiro atoms. The van der Waals surface area contributed by atoms with Crippen LogP contribution in [0, 0.1) is 11.8 Å². The van der Waals surface area contributed by atoms with Crippen LogP contribution in [0.15, 0.2) is 36.4 Å². The number of esters is 3. The summed E-state index contributed by atoms with van der Waals surface area (Å²) in [6.45, 7) is 3.49. The van der Waals surface area contributed by atoms with Gasteiger partial charge in [-0.3, -0.25) is 24.0 Å². The standard InChI is InChI=1S/C21H19NO9/c1-10(23)28-14-6-4-5-13(9-14)22-18(26)16-15-7-8-21(31-15,17(16)19(22)27)20(29-11(2)24)30-12(3)25/h4-9,15-17,20H,1-3H3/t15-,16-,17-,21+/m0/s1. The fourth-order valence-electron chi connectivity index (χ4n) is 4.32. The van der Waals surface area contributed by atoms with Crippen LogP contribution in [0.2, 0.25) is 0 Å². The first-order valence-corrected chi connectivity index (χ1v) is 9.52. The molecule has 1 aromatic rings. The second-order valence-electron chi connectivity index (χ2n) is 7.45. The average molecular weight is 429 g/mol. The first kappa shape index (κ1) is 20.7. The Morgan fingerprint density at radius 2 is 1.71 bits per heavy atom. The van der Waals surface area contributed by atoms with E-state index in [0.29, 0.717) is 0 Å². The number of hydrogen-bond acceptors (Lipinski definition) is 9. The molecule has 0 N–H and O–H groups in total. The van der Waals surface area contributed by atoms with E-state index in [9.17, 15) is 24.0 Å². The summed E-state index contributed by atoms with van der Waals surface area (Å²) < 4.78 is 21.3. The topological polar surface area (TPSA) is 126 Å². The van der Waals surface area contributed by atoms with Gasteiger partial charge in [0, 0.05) is 26.8 Å². The number of nitrogens with zero attached hydrogens (tertiary/aromatic N) is 1. The average Bonchev–Trinajstić information content (AvgIpc) is 3.31. The highest BCUT2D eigenvalue weighted by atomic mass is 16.7. The van der Waals surface area contributed by atoms with Gasteiger partial charge in [-0.1, -0.05) is 12.1 Å². The lowest BCUT2D eigenvalue weighted by Gasteiger charge is -2.34. The van der Waals surface area contributed by atoms with Gasteiger partial charge in [-0.25, -0.2) is 4.90 Å². The maximum atomic E-state index is 13.4. The van der Waals surface area contributed by atoms with E-state index in [1.165, 1.54) is 31.2 Å². The van der Waals surface area contributed by atoms with Gasteiger partial charge in [-0.05, 0) is 18.2 Å². The summed E-state index contributed by atoms with van der Waals surface area (Å²) in [6, 6.07) is 5.99. The molecule has 0 radical (unpaired) electrons. The van der Waals surface area contributed by atoms with Crippen LogP contribution in [0.1, 0.15) is 20.8 Å². The van der Waals surface area contributed by atoms with Crippen molar-refractivity contribution < 1.29 is 42.9 Å². The summed E-state index contributed by atoms with van der Waals surface area (Å²) in [7, 11) is 0. The molecular formula is C21H19NO9. The van der Waals surface area contributed by atoms with Crippen LogP contribution in [0.25, 0.3) is 0 Å². The summed E-state index contributed by atoms with van der Waals surface area (Å²) in [6.07, 6.45) is 0.796. The van der Waals surface area contributed by atoms with Crippen molar-refractivity contribution in [2.45, 2.75) is 38.8 Å². The van der Waals surface area contributed by atoms with Crippen LogP contribution in [0.3, 0.4) is 0 Å². The van der Waals surface area contributed by atoms with Crippen LogP contribution in [-0.2, 0) is 38.2 Å². The van der Waals surface area contributed by atoms with Crippen molar-refractivity contribution in [1.82, 2.24) is 0 Å². The van der Waals surface area contributed by atoms with E-state index >= 15 is 0 Å². The molecule has 0 unspecified atom stereocenters. The summed E-state index contributed by atoms with van der Waals surface area (Å²) in [5, 5.41) is 0. The third-order valence-corrected chi connectivity index (χ3v) is 5.33. The molecule has 2 saturated heterocycles. The van der Waals surface area contributed by atoms with Gasteiger partial charge in [0.2, 0.25) is 11.8 Å². The summed E-state index contributed by atoms with van der Waals surface area (Å²) in [4.78, 5) is 62.1. The Balaban J connectivity index is 1.71. The van der Waals surface area contributed by atoms with E-state index in [2.05, 4.69) is 0 Å². The zero-order valence-electron chi connectivity index (χ0n) is 16.9. The van der Waals surface area contributed by atoms with Gasteiger partial charge < -0.3 is 18.9 Å². The van der Waals surface area contributed by atoms with E-state index in [1.54, 1.807) is 12.1 Å². The van der Waals surface area contributed by atoms with Crippen LogP contribution in [0.4, 0.5) is 5.69 Å². The lowest BCUT2D eigenvalue weighted by atomic mass is 9.76. The fraction of sp³-hybridized carbons (Fsp3) is 0.381. The highest BCUT2D eigenvalue weighted by Gasteiger charge is 2.72. The van der Waals surface area contributed by atoms with Gasteiger partial charge in [0.05, 0.1) is 23.6 Å². The maximum absolute atomic E-state index is 13.4. The van der Waals surface area contributed by atoms with Gasteiger partial charge in [-0.15, -0.1) is 0 Å². The normalized spacial score (nSPS) is 28.1. The molecule has 10 heteroatoms. The van der Waals surface area contributed by atoms with Gasteiger partial charge in [-0.2, -0.15) is 0 Å². The minimum atomic E-state index is -1.62. The number of hydrogen-bond donors (Lipinski definition) is 0. The molecule has 2 fully saturated rings. The lowest BCUT2D eigenvalue weighted by Crippen LogP contribution is -2.52. The minimum absolute atomic E-state index is 0.174. The number of amides is 2. The predicted molar refractivity (Wildman–Crippen MR) is 101 cm³/mol. The zero-order valence-corrected chi connectivity index (χ0v) is 16.9. The zero-order chi connectivity index (χ0) is 22.5. The fourth-order valence-corrected chi connectivity index (χ4v) is 4.32. The quantitative estimate of drug-likeness (QED) is 0.220. The minimum Gasteiger partial charge on any atom is -0.427 e. The number of rotatable bonds is 5. The summed E-state index contributed by atoms with van der Waals surface area (Å²) in [5.74, 6) is -4.94. The molecule has 0 aromatic heterocycles. The highest BCUT2D eigenvalue weighted by Crippen LogP contribution is 2.54. The molecule has 3 aliphatic heterocycles. The molecule has 4 atom stereocenters. The molecule has 3 aliphatic rings. The first-order chi connectivity index (χ1) is 14.6. The number of ether oxygens (including phenoxy) is 4. The molecule has 3 heterocycles. The van der Waals surface area contributed by atoms with Crippen LogP contribution in [-0.4, -0.2) is 47.7 Å². The number of anilines is 1. The summed E-state index contributed by atoms with van der Waals surface area (Å²) in [5.41, 5.74) is -1.41. The Bertz CT molecular complexity index is 1020. The third-order valence-electron chi connectivity index (χ3n) is 5.33. The van der Waals surface area contributed by atoms with E-state index in [0.717, 1.165) is 18.7 Å². The molecule has 10 nitrogen and oxygen atoms in total. The molecule has 2 bridgehead atoms. The first-order valence-electron chi connectivity index (χ1n) is 9.52. The number of carbonyl (C=O) groups is 5. The van der Waals surface area contributed by atoms with Crippen LogP contribution in [0.5, 0.6) is 5.75 Å². The molecular weight excluding hydrogens is 410 g/mol. The third kappa shape index (κ3) is 3.28. The Morgan fingerprint density at radius 3 is 2.32 bits per heavy atom. The molecule has 0 saturated carbocycles. The Morgan fingerprint density at radius 1 is 1.03 bits per heavy atom. The number of imide groups is 1.